The van der Waals surface area contributed by atoms with Crippen molar-refractivity contribution >= 4 is 46.0 Å². The predicted octanol–water partition coefficient (Wildman–Crippen LogP) is 4.65. The number of aryl methyl sites for hydroxylation is 1. The normalized spacial score (nSPS) is 16.6. The first-order valence-electron chi connectivity index (χ1n) is 7.11. The van der Waals surface area contributed by atoms with Gasteiger partial charge in [-0.15, -0.1) is 0 Å². The molecule has 0 aromatic heterocycles. The molecule has 1 heterocycles. The topological polar surface area (TPSA) is 20.3 Å². The maximum atomic E-state index is 12.7. The second-order valence-electron chi connectivity index (χ2n) is 4.91. The fourth-order valence-electron chi connectivity index (χ4n) is 2.40. The Kier molecular flexibility index (Phi) is 4.41. The first-order valence-corrected chi connectivity index (χ1v) is 8.34. The van der Waals surface area contributed by atoms with Crippen LogP contribution in [0.5, 0.6) is 0 Å². The van der Waals surface area contributed by atoms with E-state index in [-0.39, 0.29) is 5.91 Å². The van der Waals surface area contributed by atoms with Crippen molar-refractivity contribution in [1.82, 2.24) is 0 Å². The molecule has 1 fully saturated rings. The van der Waals surface area contributed by atoms with Crippen molar-refractivity contribution in [2.45, 2.75) is 13.3 Å². The molecule has 2 aromatic rings. The summed E-state index contributed by atoms with van der Waals surface area (Å²) in [6.45, 7) is 2.08. The van der Waals surface area contributed by atoms with Gasteiger partial charge in [-0.25, -0.2) is 0 Å². The van der Waals surface area contributed by atoms with Gasteiger partial charge in [0.25, 0.3) is 5.91 Å². The van der Waals surface area contributed by atoms with E-state index in [2.05, 4.69) is 6.92 Å². The molecule has 1 aliphatic heterocycles. The smallest absolute Gasteiger partial charge is 0.268 e. The first-order chi connectivity index (χ1) is 10.7. The fourth-order valence-corrected chi connectivity index (χ4v) is 3.69. The van der Waals surface area contributed by atoms with Crippen LogP contribution in [-0.2, 0) is 11.2 Å². The minimum absolute atomic E-state index is 0.0419. The molecule has 3 rings (SSSR count). The average molecular weight is 325 g/mol. The van der Waals surface area contributed by atoms with Crippen LogP contribution >= 0.6 is 24.0 Å². The number of nitrogens with zero attached hydrogens (tertiary/aromatic N) is 1. The molecule has 0 unspecified atom stereocenters. The molecule has 0 atom stereocenters. The monoisotopic (exact) mass is 325 g/mol. The minimum Gasteiger partial charge on any atom is -0.268 e. The molecule has 0 bridgehead atoms. The third kappa shape index (κ3) is 2.85. The second-order valence-corrected chi connectivity index (χ2v) is 6.59. The summed E-state index contributed by atoms with van der Waals surface area (Å²) < 4.78 is 0.591. The second kappa shape index (κ2) is 6.46. The number of para-hydroxylation sites is 1. The Hall–Kier alpha value is -1.91. The van der Waals surface area contributed by atoms with Gasteiger partial charge in [-0.3, -0.25) is 9.69 Å². The van der Waals surface area contributed by atoms with E-state index >= 15 is 0 Å². The van der Waals surface area contributed by atoms with Crippen molar-refractivity contribution in [3.05, 3.63) is 70.6 Å². The van der Waals surface area contributed by atoms with Gasteiger partial charge in [-0.05, 0) is 29.7 Å². The molecule has 0 N–H and O–H groups in total. The van der Waals surface area contributed by atoms with Crippen LogP contribution in [0.15, 0.2) is 59.5 Å². The van der Waals surface area contributed by atoms with E-state index in [9.17, 15) is 4.79 Å². The van der Waals surface area contributed by atoms with Crippen molar-refractivity contribution < 1.29 is 4.79 Å². The highest BCUT2D eigenvalue weighted by molar-refractivity contribution is 8.27. The summed E-state index contributed by atoms with van der Waals surface area (Å²) in [5, 5.41) is 0. The number of rotatable bonds is 3. The third-order valence-corrected chi connectivity index (χ3v) is 4.81. The van der Waals surface area contributed by atoms with Crippen molar-refractivity contribution in [2.24, 2.45) is 0 Å². The summed E-state index contributed by atoms with van der Waals surface area (Å²) in [5.74, 6) is -0.0419. The fraction of sp³-hybridized carbons (Fsp3) is 0.111. The molecule has 1 amide bonds. The van der Waals surface area contributed by atoms with Gasteiger partial charge in [-0.1, -0.05) is 79.4 Å². The molecular weight excluding hydrogens is 310 g/mol. The molecule has 2 aromatic carbocycles. The lowest BCUT2D eigenvalue weighted by atomic mass is 10.1. The third-order valence-electron chi connectivity index (χ3n) is 3.50. The highest BCUT2D eigenvalue weighted by atomic mass is 32.2. The van der Waals surface area contributed by atoms with E-state index in [4.69, 9.17) is 12.2 Å². The van der Waals surface area contributed by atoms with Crippen LogP contribution in [0.3, 0.4) is 0 Å². The first kappa shape index (κ1) is 15.0. The Morgan fingerprint density at radius 3 is 2.50 bits per heavy atom. The standard InChI is InChI=1S/C18H15NOS2/c1-2-14-10-6-7-11-15(14)19-17(20)16(22-18(19)21)12-13-8-4-3-5-9-13/h3-12H,2H2,1H3/b16-12-. The Labute approximate surface area is 139 Å². The molecule has 0 radical (unpaired) electrons. The molecular formula is C18H15NOS2. The van der Waals surface area contributed by atoms with Gasteiger partial charge >= 0.3 is 0 Å². The minimum atomic E-state index is -0.0419. The summed E-state index contributed by atoms with van der Waals surface area (Å²) in [4.78, 5) is 15.1. The average Bonchev–Trinajstić information content (AvgIpc) is 2.82. The molecule has 2 nitrogen and oxygen atoms in total. The Balaban J connectivity index is 1.97. The van der Waals surface area contributed by atoms with Gasteiger partial charge in [-0.2, -0.15) is 0 Å². The number of carbonyl (C=O) groups is 1. The van der Waals surface area contributed by atoms with Crippen LogP contribution in [0, 0.1) is 0 Å². The van der Waals surface area contributed by atoms with Crippen molar-refractivity contribution in [3.63, 3.8) is 0 Å². The van der Waals surface area contributed by atoms with E-state index in [1.54, 1.807) is 4.90 Å². The molecule has 22 heavy (non-hydrogen) atoms. The highest BCUT2D eigenvalue weighted by Gasteiger charge is 2.34. The number of thioether (sulfide) groups is 1. The Morgan fingerprint density at radius 1 is 1.09 bits per heavy atom. The number of amides is 1. The largest absolute Gasteiger partial charge is 0.270 e. The molecule has 0 spiro atoms. The van der Waals surface area contributed by atoms with E-state index in [1.807, 2.05) is 60.7 Å². The molecule has 0 aliphatic carbocycles. The predicted molar refractivity (Wildman–Crippen MR) is 97.9 cm³/mol. The Bertz CT molecular complexity index is 753. The van der Waals surface area contributed by atoms with E-state index in [1.165, 1.54) is 11.8 Å². The van der Waals surface area contributed by atoms with E-state index in [0.717, 1.165) is 23.2 Å². The van der Waals surface area contributed by atoms with E-state index < -0.39 is 0 Å². The van der Waals surface area contributed by atoms with Gasteiger partial charge in [0.1, 0.15) is 0 Å². The van der Waals surface area contributed by atoms with Gasteiger partial charge in [0, 0.05) is 0 Å². The van der Waals surface area contributed by atoms with Crippen molar-refractivity contribution in [3.8, 4) is 0 Å². The van der Waals surface area contributed by atoms with E-state index in [0.29, 0.717) is 9.23 Å². The van der Waals surface area contributed by atoms with Crippen LogP contribution in [-0.4, -0.2) is 10.2 Å². The number of hydrogen-bond acceptors (Lipinski definition) is 3. The molecule has 1 saturated heterocycles. The summed E-state index contributed by atoms with van der Waals surface area (Å²) >= 11 is 6.79. The van der Waals surface area contributed by atoms with Crippen molar-refractivity contribution in [1.29, 1.82) is 0 Å². The number of anilines is 1. The summed E-state index contributed by atoms with van der Waals surface area (Å²) in [6.07, 6.45) is 2.76. The van der Waals surface area contributed by atoms with Gasteiger partial charge in [0.2, 0.25) is 0 Å². The number of benzene rings is 2. The van der Waals surface area contributed by atoms with Crippen LogP contribution in [0.1, 0.15) is 18.1 Å². The van der Waals surface area contributed by atoms with Crippen molar-refractivity contribution in [2.75, 3.05) is 4.90 Å². The molecule has 110 valence electrons. The summed E-state index contributed by atoms with van der Waals surface area (Å²) in [6, 6.07) is 17.7. The zero-order valence-electron chi connectivity index (χ0n) is 12.2. The van der Waals surface area contributed by atoms with Crippen LogP contribution in [0.4, 0.5) is 5.69 Å². The highest BCUT2D eigenvalue weighted by Crippen LogP contribution is 2.37. The number of thiocarbonyl (C=S) groups is 1. The summed E-state index contributed by atoms with van der Waals surface area (Å²) in [7, 11) is 0. The summed E-state index contributed by atoms with van der Waals surface area (Å²) in [5.41, 5.74) is 3.02. The quantitative estimate of drug-likeness (QED) is 0.605. The van der Waals surface area contributed by atoms with Gasteiger partial charge in [0.05, 0.1) is 10.6 Å². The van der Waals surface area contributed by atoms with Crippen LogP contribution in [0.25, 0.3) is 6.08 Å². The SMILES string of the molecule is CCc1ccccc1N1C(=O)/C(=C/c2ccccc2)SC1=S. The maximum Gasteiger partial charge on any atom is 0.270 e. The maximum absolute atomic E-state index is 12.7. The van der Waals surface area contributed by atoms with Gasteiger partial charge < -0.3 is 0 Å². The molecule has 0 saturated carbocycles. The van der Waals surface area contributed by atoms with Crippen LogP contribution in [0.2, 0.25) is 0 Å². The zero-order chi connectivity index (χ0) is 15.5. The lowest BCUT2D eigenvalue weighted by Crippen LogP contribution is -2.28. The lowest BCUT2D eigenvalue weighted by molar-refractivity contribution is -0.113. The Morgan fingerprint density at radius 2 is 1.77 bits per heavy atom. The molecule has 4 heteroatoms. The zero-order valence-corrected chi connectivity index (χ0v) is 13.8. The van der Waals surface area contributed by atoms with Crippen LogP contribution < -0.4 is 4.90 Å². The number of carbonyl (C=O) groups excluding carboxylic acids is 1. The number of hydrogen-bond donors (Lipinski definition) is 0. The molecule has 1 aliphatic rings. The van der Waals surface area contributed by atoms with Gasteiger partial charge in [0.15, 0.2) is 4.32 Å². The lowest BCUT2D eigenvalue weighted by Gasteiger charge is -2.17.